The van der Waals surface area contributed by atoms with Gasteiger partial charge in [-0.25, -0.2) is 13.6 Å². The molecule has 3 rings (SSSR count). The van der Waals surface area contributed by atoms with Crippen molar-refractivity contribution in [1.82, 2.24) is 5.32 Å². The first-order chi connectivity index (χ1) is 9.44. The number of aliphatic carboxylic acids is 1. The van der Waals surface area contributed by atoms with Crippen LogP contribution < -0.4 is 5.32 Å². The molecule has 0 heterocycles. The summed E-state index contributed by atoms with van der Waals surface area (Å²) in [7, 11) is 0. The van der Waals surface area contributed by atoms with E-state index in [1.807, 2.05) is 0 Å². The maximum absolute atomic E-state index is 13.6. The third kappa shape index (κ3) is 2.05. The molecule has 0 aromatic heterocycles. The minimum Gasteiger partial charge on any atom is -0.480 e. The first kappa shape index (κ1) is 13.0. The van der Waals surface area contributed by atoms with E-state index in [0.717, 1.165) is 6.07 Å². The maximum Gasteiger partial charge on any atom is 0.329 e. The van der Waals surface area contributed by atoms with E-state index in [0.29, 0.717) is 19.3 Å². The van der Waals surface area contributed by atoms with Gasteiger partial charge in [0.15, 0.2) is 11.6 Å². The topological polar surface area (TPSA) is 66.4 Å². The highest BCUT2D eigenvalue weighted by molar-refractivity contribution is 5.92. The van der Waals surface area contributed by atoms with Gasteiger partial charge in [0, 0.05) is 5.92 Å². The molecule has 20 heavy (non-hydrogen) atoms. The molecule has 2 aliphatic carbocycles. The smallest absolute Gasteiger partial charge is 0.329 e. The van der Waals surface area contributed by atoms with Gasteiger partial charge in [0.1, 0.15) is 5.54 Å². The lowest BCUT2D eigenvalue weighted by Gasteiger charge is -2.12. The number of nitrogens with one attached hydrogen (secondary N) is 1. The van der Waals surface area contributed by atoms with Crippen molar-refractivity contribution in [2.24, 2.45) is 5.92 Å². The zero-order valence-electron chi connectivity index (χ0n) is 10.5. The van der Waals surface area contributed by atoms with E-state index in [2.05, 4.69) is 5.32 Å². The van der Waals surface area contributed by atoms with E-state index in [4.69, 9.17) is 5.11 Å². The first-order valence-electron chi connectivity index (χ1n) is 6.44. The second-order valence-electron chi connectivity index (χ2n) is 5.47. The minimum absolute atomic E-state index is 0.185. The predicted molar refractivity (Wildman–Crippen MR) is 64.9 cm³/mol. The molecule has 2 aliphatic rings. The van der Waals surface area contributed by atoms with Crippen LogP contribution in [0.25, 0.3) is 0 Å². The third-order valence-electron chi connectivity index (χ3n) is 4.03. The maximum atomic E-state index is 13.6. The molecule has 2 saturated carbocycles. The Hall–Kier alpha value is -1.98. The van der Waals surface area contributed by atoms with Crippen LogP contribution in [0.3, 0.4) is 0 Å². The summed E-state index contributed by atoms with van der Waals surface area (Å²) in [4.78, 5) is 22.9. The Labute approximate surface area is 113 Å². The second-order valence-corrected chi connectivity index (χ2v) is 5.47. The van der Waals surface area contributed by atoms with Crippen LogP contribution in [0, 0.1) is 17.6 Å². The van der Waals surface area contributed by atoms with Gasteiger partial charge in [0.25, 0.3) is 0 Å². The van der Waals surface area contributed by atoms with Crippen LogP contribution in [-0.4, -0.2) is 22.5 Å². The molecule has 0 radical (unpaired) electrons. The highest BCUT2D eigenvalue weighted by Crippen LogP contribution is 2.49. The van der Waals surface area contributed by atoms with E-state index in [9.17, 15) is 18.4 Å². The van der Waals surface area contributed by atoms with E-state index < -0.39 is 35.0 Å². The molecule has 1 aromatic carbocycles. The number of carbonyl (C=O) groups excluding carboxylic acids is 1. The van der Waals surface area contributed by atoms with Gasteiger partial charge in [-0.1, -0.05) is 12.1 Å². The van der Waals surface area contributed by atoms with Gasteiger partial charge in [-0.3, -0.25) is 4.79 Å². The highest BCUT2D eigenvalue weighted by atomic mass is 19.2. The molecule has 0 saturated heterocycles. The van der Waals surface area contributed by atoms with Crippen molar-refractivity contribution in [1.29, 1.82) is 0 Å². The number of carboxylic acids is 1. The Morgan fingerprint density at radius 1 is 1.30 bits per heavy atom. The molecule has 2 fully saturated rings. The SMILES string of the molecule is O=C(NC1(C(=O)O)CC1)C1CC1c1cccc(F)c1F. The molecule has 0 bridgehead atoms. The lowest BCUT2D eigenvalue weighted by molar-refractivity contribution is -0.143. The van der Waals surface area contributed by atoms with Crippen molar-refractivity contribution >= 4 is 11.9 Å². The Kier molecular flexibility index (Phi) is 2.77. The van der Waals surface area contributed by atoms with Gasteiger partial charge in [-0.05, 0) is 36.8 Å². The zero-order valence-corrected chi connectivity index (χ0v) is 10.5. The molecule has 2 unspecified atom stereocenters. The van der Waals surface area contributed by atoms with Crippen LogP contribution in [0.15, 0.2) is 18.2 Å². The molecule has 4 nitrogen and oxygen atoms in total. The van der Waals surface area contributed by atoms with Crippen LogP contribution >= 0.6 is 0 Å². The van der Waals surface area contributed by atoms with Crippen molar-refractivity contribution in [3.8, 4) is 0 Å². The summed E-state index contributed by atoms with van der Waals surface area (Å²) in [6.45, 7) is 0. The lowest BCUT2D eigenvalue weighted by atomic mass is 10.1. The van der Waals surface area contributed by atoms with Crippen molar-refractivity contribution in [2.45, 2.75) is 30.7 Å². The van der Waals surface area contributed by atoms with Crippen LogP contribution in [0.1, 0.15) is 30.7 Å². The van der Waals surface area contributed by atoms with Gasteiger partial charge < -0.3 is 10.4 Å². The van der Waals surface area contributed by atoms with Crippen molar-refractivity contribution in [2.75, 3.05) is 0 Å². The first-order valence-corrected chi connectivity index (χ1v) is 6.44. The summed E-state index contributed by atoms with van der Waals surface area (Å²) >= 11 is 0. The summed E-state index contributed by atoms with van der Waals surface area (Å²) < 4.78 is 26.7. The number of benzene rings is 1. The van der Waals surface area contributed by atoms with Crippen molar-refractivity contribution in [3.63, 3.8) is 0 Å². The number of hydrogen-bond acceptors (Lipinski definition) is 2. The summed E-state index contributed by atoms with van der Waals surface area (Å²) in [5, 5.41) is 11.5. The molecule has 1 aromatic rings. The number of amides is 1. The molecule has 0 spiro atoms. The van der Waals surface area contributed by atoms with Crippen LogP contribution in [0.5, 0.6) is 0 Å². The van der Waals surface area contributed by atoms with Crippen molar-refractivity contribution in [3.05, 3.63) is 35.4 Å². The standard InChI is InChI=1S/C14H13F2NO3/c15-10-3-1-2-7(11(10)16)8-6-9(8)12(18)17-14(4-5-14)13(19)20/h1-3,8-9H,4-6H2,(H,17,18)(H,19,20). The van der Waals surface area contributed by atoms with Gasteiger partial charge in [0.2, 0.25) is 5.91 Å². The fraction of sp³-hybridized carbons (Fsp3) is 0.429. The summed E-state index contributed by atoms with van der Waals surface area (Å²) in [5.41, 5.74) is -0.949. The Bertz CT molecular complexity index is 598. The lowest BCUT2D eigenvalue weighted by Crippen LogP contribution is -2.43. The predicted octanol–water partition coefficient (Wildman–Crippen LogP) is 1.80. The number of hydrogen-bond donors (Lipinski definition) is 2. The Balaban J connectivity index is 1.69. The molecular formula is C14H13F2NO3. The molecule has 106 valence electrons. The molecule has 6 heteroatoms. The van der Waals surface area contributed by atoms with Gasteiger partial charge >= 0.3 is 5.97 Å². The van der Waals surface area contributed by atoms with Crippen molar-refractivity contribution < 1.29 is 23.5 Å². The fourth-order valence-electron chi connectivity index (χ4n) is 2.48. The Morgan fingerprint density at radius 3 is 2.60 bits per heavy atom. The van der Waals surface area contributed by atoms with Crippen LogP contribution in [0.2, 0.25) is 0 Å². The van der Waals surface area contributed by atoms with E-state index in [-0.39, 0.29) is 11.5 Å². The van der Waals surface area contributed by atoms with Gasteiger partial charge in [-0.15, -0.1) is 0 Å². The monoisotopic (exact) mass is 281 g/mol. The van der Waals surface area contributed by atoms with Gasteiger partial charge in [0.05, 0.1) is 0 Å². The molecular weight excluding hydrogens is 268 g/mol. The normalized spacial score (nSPS) is 25.9. The largest absolute Gasteiger partial charge is 0.480 e. The molecule has 2 atom stereocenters. The summed E-state index contributed by atoms with van der Waals surface area (Å²) in [6.07, 6.45) is 1.25. The average Bonchev–Trinajstić information content (AvgIpc) is 3.25. The molecule has 2 N–H and O–H groups in total. The fourth-order valence-corrected chi connectivity index (χ4v) is 2.48. The van der Waals surface area contributed by atoms with Crippen LogP contribution in [-0.2, 0) is 9.59 Å². The number of rotatable bonds is 4. The van der Waals surface area contributed by atoms with Crippen LogP contribution in [0.4, 0.5) is 8.78 Å². The number of halogens is 2. The van der Waals surface area contributed by atoms with E-state index >= 15 is 0 Å². The second kappa shape index (κ2) is 4.26. The number of carbonyl (C=O) groups is 2. The highest BCUT2D eigenvalue weighted by Gasteiger charge is 2.55. The average molecular weight is 281 g/mol. The Morgan fingerprint density at radius 2 is 2.00 bits per heavy atom. The third-order valence-corrected chi connectivity index (χ3v) is 4.03. The quantitative estimate of drug-likeness (QED) is 0.884. The van der Waals surface area contributed by atoms with E-state index in [1.54, 1.807) is 0 Å². The number of carboxylic acid groups (broad SMARTS) is 1. The molecule has 0 aliphatic heterocycles. The summed E-state index contributed by atoms with van der Waals surface area (Å²) in [5.74, 6) is -4.12. The van der Waals surface area contributed by atoms with E-state index in [1.165, 1.54) is 12.1 Å². The zero-order chi connectivity index (χ0) is 14.5. The van der Waals surface area contributed by atoms with Gasteiger partial charge in [-0.2, -0.15) is 0 Å². The minimum atomic E-state index is -1.13. The summed E-state index contributed by atoms with van der Waals surface area (Å²) in [6, 6.07) is 3.89. The molecule has 1 amide bonds.